The predicted molar refractivity (Wildman–Crippen MR) is 40.3 cm³/mol. The highest BCUT2D eigenvalue weighted by molar-refractivity contribution is 4.96. The van der Waals surface area contributed by atoms with Gasteiger partial charge in [-0.05, 0) is 13.3 Å². The van der Waals surface area contributed by atoms with Crippen LogP contribution in [0.1, 0.15) is 27.2 Å². The molecule has 0 saturated carbocycles. The van der Waals surface area contributed by atoms with Crippen molar-refractivity contribution in [3.8, 4) is 0 Å². The maximum atomic E-state index is 9.24. The second-order valence-corrected chi connectivity index (χ2v) is 2.61. The van der Waals surface area contributed by atoms with E-state index in [2.05, 4.69) is 6.58 Å². The van der Waals surface area contributed by atoms with Gasteiger partial charge in [-0.3, -0.25) is 0 Å². The normalized spacial score (nSPS) is 16.9. The van der Waals surface area contributed by atoms with Gasteiger partial charge in [0.2, 0.25) is 0 Å². The molecule has 9 heavy (non-hydrogen) atoms. The summed E-state index contributed by atoms with van der Waals surface area (Å²) in [7, 11) is 0. The van der Waals surface area contributed by atoms with Gasteiger partial charge in [0.1, 0.15) is 0 Å². The number of aliphatic hydroxyl groups excluding tert-OH is 1. The molecule has 0 aromatic heterocycles. The van der Waals surface area contributed by atoms with E-state index in [0.29, 0.717) is 0 Å². The quantitative estimate of drug-likeness (QED) is 0.576. The van der Waals surface area contributed by atoms with Crippen LogP contribution in [0, 0.1) is 5.92 Å². The first-order valence-corrected chi connectivity index (χ1v) is 3.43. The van der Waals surface area contributed by atoms with E-state index in [1.54, 1.807) is 0 Å². The van der Waals surface area contributed by atoms with Gasteiger partial charge in [-0.15, -0.1) is 0 Å². The second kappa shape index (κ2) is 3.67. The van der Waals surface area contributed by atoms with Crippen LogP contribution in [0.5, 0.6) is 0 Å². The molecular formula is C8H16O. The van der Waals surface area contributed by atoms with Crippen molar-refractivity contribution in [2.45, 2.75) is 33.3 Å². The fourth-order valence-corrected chi connectivity index (χ4v) is 0.682. The Balaban J connectivity index is 3.72. The fourth-order valence-electron chi connectivity index (χ4n) is 0.682. The third-order valence-corrected chi connectivity index (χ3v) is 1.77. The topological polar surface area (TPSA) is 20.2 Å². The first-order chi connectivity index (χ1) is 4.09. The van der Waals surface area contributed by atoms with Gasteiger partial charge in [-0.1, -0.05) is 26.0 Å². The van der Waals surface area contributed by atoms with Crippen molar-refractivity contribution in [2.24, 2.45) is 5.92 Å². The highest BCUT2D eigenvalue weighted by Gasteiger charge is 2.11. The summed E-state index contributed by atoms with van der Waals surface area (Å²) >= 11 is 0. The van der Waals surface area contributed by atoms with Crippen molar-refractivity contribution in [3.05, 3.63) is 12.2 Å². The average molecular weight is 128 g/mol. The number of aliphatic hydroxyl groups is 1. The first-order valence-electron chi connectivity index (χ1n) is 3.43. The van der Waals surface area contributed by atoms with Crippen molar-refractivity contribution in [2.75, 3.05) is 0 Å². The molecule has 0 aliphatic carbocycles. The molecule has 0 saturated heterocycles. The summed E-state index contributed by atoms with van der Waals surface area (Å²) in [6.45, 7) is 9.68. The van der Waals surface area contributed by atoms with Crippen LogP contribution in [0.3, 0.4) is 0 Å². The Morgan fingerprint density at radius 2 is 2.11 bits per heavy atom. The van der Waals surface area contributed by atoms with E-state index in [-0.39, 0.29) is 12.0 Å². The molecule has 0 amide bonds. The van der Waals surface area contributed by atoms with Crippen molar-refractivity contribution in [1.29, 1.82) is 0 Å². The van der Waals surface area contributed by atoms with Crippen LogP contribution in [0.2, 0.25) is 0 Å². The molecule has 0 unspecified atom stereocenters. The molecule has 0 aromatic rings. The zero-order chi connectivity index (χ0) is 7.44. The molecule has 1 N–H and O–H groups in total. The lowest BCUT2D eigenvalue weighted by molar-refractivity contribution is 0.129. The highest BCUT2D eigenvalue weighted by atomic mass is 16.3. The standard InChI is InChI=1S/C8H16O/c1-5-8(9)7(4)6(2)3/h7-9H,2,5H2,1,3-4H3/t7-,8+/m0/s1. The monoisotopic (exact) mass is 128 g/mol. The Labute approximate surface area is 57.4 Å². The predicted octanol–water partition coefficient (Wildman–Crippen LogP) is 1.97. The number of hydrogen-bond acceptors (Lipinski definition) is 1. The van der Waals surface area contributed by atoms with E-state index < -0.39 is 0 Å². The molecular weight excluding hydrogens is 112 g/mol. The minimum atomic E-state index is -0.206. The van der Waals surface area contributed by atoms with Gasteiger partial charge in [0.25, 0.3) is 0 Å². The Morgan fingerprint density at radius 3 is 2.22 bits per heavy atom. The van der Waals surface area contributed by atoms with Gasteiger partial charge in [0.15, 0.2) is 0 Å². The SMILES string of the molecule is C=C(C)[C@H](C)[C@H](O)CC. The highest BCUT2D eigenvalue weighted by Crippen LogP contribution is 2.13. The molecule has 0 spiro atoms. The van der Waals surface area contributed by atoms with Gasteiger partial charge in [-0.2, -0.15) is 0 Å². The Bertz CT molecular complexity index is 96.7. The van der Waals surface area contributed by atoms with Gasteiger partial charge < -0.3 is 5.11 Å². The van der Waals surface area contributed by atoms with E-state index in [9.17, 15) is 5.11 Å². The van der Waals surface area contributed by atoms with Crippen LogP contribution in [0.25, 0.3) is 0 Å². The van der Waals surface area contributed by atoms with E-state index in [4.69, 9.17) is 0 Å². The zero-order valence-electron chi connectivity index (χ0n) is 6.52. The van der Waals surface area contributed by atoms with E-state index >= 15 is 0 Å². The third-order valence-electron chi connectivity index (χ3n) is 1.77. The summed E-state index contributed by atoms with van der Waals surface area (Å²) < 4.78 is 0. The second-order valence-electron chi connectivity index (χ2n) is 2.61. The summed E-state index contributed by atoms with van der Waals surface area (Å²) in [5.74, 6) is 0.245. The maximum absolute atomic E-state index is 9.24. The minimum Gasteiger partial charge on any atom is -0.393 e. The molecule has 0 aromatic carbocycles. The molecule has 2 atom stereocenters. The van der Waals surface area contributed by atoms with E-state index in [1.807, 2.05) is 20.8 Å². The van der Waals surface area contributed by atoms with Crippen molar-refractivity contribution in [1.82, 2.24) is 0 Å². The molecule has 0 fully saturated rings. The van der Waals surface area contributed by atoms with E-state index in [0.717, 1.165) is 12.0 Å². The lowest BCUT2D eigenvalue weighted by Crippen LogP contribution is -2.16. The number of rotatable bonds is 3. The molecule has 1 heteroatoms. The zero-order valence-corrected chi connectivity index (χ0v) is 6.52. The van der Waals surface area contributed by atoms with Crippen LogP contribution in [0.4, 0.5) is 0 Å². The maximum Gasteiger partial charge on any atom is 0.0600 e. The summed E-state index contributed by atoms with van der Waals surface area (Å²) in [5, 5.41) is 9.24. The van der Waals surface area contributed by atoms with Gasteiger partial charge in [0.05, 0.1) is 6.10 Å². The molecule has 1 nitrogen and oxygen atoms in total. The summed E-state index contributed by atoms with van der Waals surface area (Å²) in [6, 6.07) is 0. The summed E-state index contributed by atoms with van der Waals surface area (Å²) in [5.41, 5.74) is 1.06. The molecule has 0 rings (SSSR count). The molecule has 0 heterocycles. The first kappa shape index (κ1) is 8.70. The Hall–Kier alpha value is -0.300. The van der Waals surface area contributed by atoms with Gasteiger partial charge >= 0.3 is 0 Å². The van der Waals surface area contributed by atoms with Crippen LogP contribution in [-0.4, -0.2) is 11.2 Å². The summed E-state index contributed by atoms with van der Waals surface area (Å²) in [6.07, 6.45) is 0.607. The molecule has 54 valence electrons. The van der Waals surface area contributed by atoms with Crippen molar-refractivity contribution < 1.29 is 5.11 Å². The van der Waals surface area contributed by atoms with Gasteiger partial charge in [-0.25, -0.2) is 0 Å². The smallest absolute Gasteiger partial charge is 0.0600 e. The number of hydrogen-bond donors (Lipinski definition) is 1. The van der Waals surface area contributed by atoms with Crippen LogP contribution in [0.15, 0.2) is 12.2 Å². The Morgan fingerprint density at radius 1 is 1.67 bits per heavy atom. The molecule has 0 aliphatic rings. The van der Waals surface area contributed by atoms with Crippen molar-refractivity contribution in [3.63, 3.8) is 0 Å². The average Bonchev–Trinajstić information content (AvgIpc) is 1.84. The van der Waals surface area contributed by atoms with Crippen molar-refractivity contribution >= 4 is 0 Å². The van der Waals surface area contributed by atoms with Crippen LogP contribution < -0.4 is 0 Å². The lowest BCUT2D eigenvalue weighted by Gasteiger charge is -2.16. The van der Waals surface area contributed by atoms with Crippen LogP contribution >= 0.6 is 0 Å². The third kappa shape index (κ3) is 2.66. The van der Waals surface area contributed by atoms with Gasteiger partial charge in [0, 0.05) is 5.92 Å². The molecule has 0 radical (unpaired) electrons. The summed E-state index contributed by atoms with van der Waals surface area (Å²) in [4.78, 5) is 0. The fraction of sp³-hybridized carbons (Fsp3) is 0.750. The lowest BCUT2D eigenvalue weighted by atomic mass is 9.96. The van der Waals surface area contributed by atoms with E-state index in [1.165, 1.54) is 0 Å². The molecule has 0 bridgehead atoms. The Kier molecular flexibility index (Phi) is 3.55. The molecule has 0 aliphatic heterocycles. The minimum absolute atomic E-state index is 0.206. The largest absolute Gasteiger partial charge is 0.393 e. The van der Waals surface area contributed by atoms with Crippen LogP contribution in [-0.2, 0) is 0 Å².